The molecule has 1 aromatic carbocycles. The van der Waals surface area contributed by atoms with E-state index in [9.17, 15) is 0 Å². The second kappa shape index (κ2) is 9.89. The molecule has 0 spiro atoms. The molecule has 188 valence electrons. The topological polar surface area (TPSA) is 104 Å². The van der Waals surface area contributed by atoms with Crippen molar-refractivity contribution in [3.63, 3.8) is 0 Å². The minimum atomic E-state index is 0.298. The first-order chi connectivity index (χ1) is 17.7. The van der Waals surface area contributed by atoms with Gasteiger partial charge < -0.3 is 15.2 Å². The molecular weight excluding hydrogens is 454 g/mol. The van der Waals surface area contributed by atoms with Crippen LogP contribution in [0.15, 0.2) is 36.5 Å². The van der Waals surface area contributed by atoms with Gasteiger partial charge in [-0.3, -0.25) is 4.90 Å². The number of nitrogen functional groups attached to an aromatic ring is 1. The molecule has 4 aromatic rings. The molecule has 0 unspecified atom stereocenters. The standard InChI is InChI=1S/C27H33N7O2/c1-35-22-9-5-8-21-25(22)31-27(28)34-26(21)30-23(32-34)17-33(15-18-10-11-18)16-19-12-13-24(29-14-19)36-20-6-3-2-4-7-20/h5,8-9,12-14,18,20H,2-4,6-7,10-11,15-17H2,1H3,(H2,28,31). The van der Waals surface area contributed by atoms with Crippen LogP contribution in [-0.2, 0) is 13.1 Å². The molecule has 36 heavy (non-hydrogen) atoms. The lowest BCUT2D eigenvalue weighted by Gasteiger charge is -2.23. The van der Waals surface area contributed by atoms with E-state index in [4.69, 9.17) is 25.3 Å². The summed E-state index contributed by atoms with van der Waals surface area (Å²) in [4.78, 5) is 16.4. The van der Waals surface area contributed by atoms with E-state index in [0.29, 0.717) is 35.5 Å². The maximum absolute atomic E-state index is 6.25. The molecule has 3 aromatic heterocycles. The summed E-state index contributed by atoms with van der Waals surface area (Å²) in [5, 5.41) is 5.58. The zero-order valence-electron chi connectivity index (χ0n) is 20.8. The molecule has 9 heteroatoms. The summed E-state index contributed by atoms with van der Waals surface area (Å²) in [6.07, 6.45) is 10.9. The quantitative estimate of drug-likeness (QED) is 0.371. The molecule has 0 bridgehead atoms. The minimum Gasteiger partial charge on any atom is -0.494 e. The van der Waals surface area contributed by atoms with Crippen molar-refractivity contribution in [3.05, 3.63) is 47.9 Å². The number of ether oxygens (including phenoxy) is 2. The summed E-state index contributed by atoms with van der Waals surface area (Å²) in [5.41, 5.74) is 8.80. The van der Waals surface area contributed by atoms with Gasteiger partial charge in [-0.1, -0.05) is 18.6 Å². The van der Waals surface area contributed by atoms with E-state index in [1.54, 1.807) is 11.6 Å². The maximum atomic E-state index is 6.25. The molecule has 2 aliphatic carbocycles. The summed E-state index contributed by atoms with van der Waals surface area (Å²) in [6, 6.07) is 9.92. The van der Waals surface area contributed by atoms with Gasteiger partial charge in [0.25, 0.3) is 0 Å². The third kappa shape index (κ3) is 4.93. The lowest BCUT2D eigenvalue weighted by molar-refractivity contribution is 0.148. The van der Waals surface area contributed by atoms with Gasteiger partial charge in [0.1, 0.15) is 17.4 Å². The molecule has 9 nitrogen and oxygen atoms in total. The number of nitrogens with two attached hydrogens (primary N) is 1. The van der Waals surface area contributed by atoms with Crippen LogP contribution in [0.2, 0.25) is 0 Å². The van der Waals surface area contributed by atoms with Gasteiger partial charge >= 0.3 is 0 Å². The number of anilines is 1. The molecule has 2 fully saturated rings. The Hall–Kier alpha value is -3.46. The van der Waals surface area contributed by atoms with Crippen molar-refractivity contribution >= 4 is 22.5 Å². The number of pyridine rings is 1. The van der Waals surface area contributed by atoms with Crippen molar-refractivity contribution in [1.29, 1.82) is 0 Å². The van der Waals surface area contributed by atoms with Crippen LogP contribution in [0.25, 0.3) is 16.6 Å². The predicted octanol–water partition coefficient (Wildman–Crippen LogP) is 4.39. The van der Waals surface area contributed by atoms with E-state index < -0.39 is 0 Å². The van der Waals surface area contributed by atoms with Gasteiger partial charge in [0.15, 0.2) is 11.5 Å². The van der Waals surface area contributed by atoms with Crippen LogP contribution >= 0.6 is 0 Å². The van der Waals surface area contributed by atoms with Gasteiger partial charge in [0.2, 0.25) is 11.8 Å². The number of nitrogens with zero attached hydrogens (tertiary/aromatic N) is 6. The highest BCUT2D eigenvalue weighted by Gasteiger charge is 2.26. The monoisotopic (exact) mass is 487 g/mol. The number of benzene rings is 1. The van der Waals surface area contributed by atoms with E-state index >= 15 is 0 Å². The highest BCUT2D eigenvalue weighted by Crippen LogP contribution is 2.31. The lowest BCUT2D eigenvalue weighted by atomic mass is 9.98. The largest absolute Gasteiger partial charge is 0.494 e. The number of methoxy groups -OCH3 is 1. The Morgan fingerprint density at radius 3 is 2.64 bits per heavy atom. The number of rotatable bonds is 9. The van der Waals surface area contributed by atoms with Crippen LogP contribution in [0, 0.1) is 5.92 Å². The second-order valence-corrected chi connectivity index (χ2v) is 10.1. The summed E-state index contributed by atoms with van der Waals surface area (Å²) >= 11 is 0. The smallest absolute Gasteiger partial charge is 0.223 e. The average Bonchev–Trinajstić information content (AvgIpc) is 3.61. The second-order valence-electron chi connectivity index (χ2n) is 10.1. The molecule has 0 aliphatic heterocycles. The Bertz CT molecular complexity index is 1340. The van der Waals surface area contributed by atoms with E-state index in [-0.39, 0.29) is 0 Å². The van der Waals surface area contributed by atoms with Crippen molar-refractivity contribution in [2.24, 2.45) is 5.92 Å². The van der Waals surface area contributed by atoms with Crippen molar-refractivity contribution in [2.45, 2.75) is 64.1 Å². The predicted molar refractivity (Wildman–Crippen MR) is 138 cm³/mol. The summed E-state index contributed by atoms with van der Waals surface area (Å²) in [6.45, 7) is 2.42. The summed E-state index contributed by atoms with van der Waals surface area (Å²) in [7, 11) is 1.63. The Labute approximate surface area is 210 Å². The third-order valence-electron chi connectivity index (χ3n) is 7.18. The first kappa shape index (κ1) is 23.0. The number of fused-ring (bicyclic) bond motifs is 3. The fourth-order valence-corrected chi connectivity index (χ4v) is 5.14. The first-order valence-electron chi connectivity index (χ1n) is 13.0. The minimum absolute atomic E-state index is 0.298. The molecule has 2 N–H and O–H groups in total. The number of hydrogen-bond donors (Lipinski definition) is 1. The lowest BCUT2D eigenvalue weighted by Crippen LogP contribution is -2.26. The highest BCUT2D eigenvalue weighted by atomic mass is 16.5. The highest BCUT2D eigenvalue weighted by molar-refractivity contribution is 5.95. The van der Waals surface area contributed by atoms with Crippen LogP contribution in [0.4, 0.5) is 5.95 Å². The normalized spacial score (nSPS) is 16.7. The Kier molecular flexibility index (Phi) is 6.31. The van der Waals surface area contributed by atoms with Crippen molar-refractivity contribution < 1.29 is 9.47 Å². The van der Waals surface area contributed by atoms with E-state index in [1.165, 1.54) is 32.1 Å². The van der Waals surface area contributed by atoms with Crippen LogP contribution in [0.3, 0.4) is 0 Å². The van der Waals surface area contributed by atoms with Crippen LogP contribution in [0.1, 0.15) is 56.3 Å². The number of hydrogen-bond acceptors (Lipinski definition) is 8. The molecule has 6 rings (SSSR count). The maximum Gasteiger partial charge on any atom is 0.223 e. The van der Waals surface area contributed by atoms with Gasteiger partial charge in [0.05, 0.1) is 13.7 Å². The van der Waals surface area contributed by atoms with Crippen LogP contribution < -0.4 is 15.2 Å². The van der Waals surface area contributed by atoms with Crippen molar-refractivity contribution in [3.8, 4) is 11.6 Å². The van der Waals surface area contributed by atoms with Gasteiger partial charge in [-0.25, -0.2) is 15.0 Å². The van der Waals surface area contributed by atoms with Crippen molar-refractivity contribution in [1.82, 2.24) is 29.5 Å². The SMILES string of the molecule is COc1cccc2c1nc(N)n1nc(CN(Cc3ccc(OC4CCCCC4)nc3)CC3CC3)nc21. The number of aromatic nitrogens is 5. The van der Waals surface area contributed by atoms with E-state index in [2.05, 4.69) is 20.9 Å². The van der Waals surface area contributed by atoms with Gasteiger partial charge in [-0.05, 0) is 62.1 Å². The van der Waals surface area contributed by atoms with Gasteiger partial charge in [0, 0.05) is 30.7 Å². The average molecular weight is 488 g/mol. The zero-order chi connectivity index (χ0) is 24.5. The van der Waals surface area contributed by atoms with Crippen LogP contribution in [0.5, 0.6) is 11.6 Å². The first-order valence-corrected chi connectivity index (χ1v) is 13.0. The molecule has 2 aliphatic rings. The Balaban J connectivity index is 1.21. The van der Waals surface area contributed by atoms with Crippen molar-refractivity contribution in [2.75, 3.05) is 19.4 Å². The molecule has 0 radical (unpaired) electrons. The zero-order valence-corrected chi connectivity index (χ0v) is 20.8. The molecule has 0 amide bonds. The number of para-hydroxylation sites is 1. The summed E-state index contributed by atoms with van der Waals surface area (Å²) in [5.74, 6) is 3.16. The van der Waals surface area contributed by atoms with Gasteiger partial charge in [-0.15, -0.1) is 5.10 Å². The van der Waals surface area contributed by atoms with Gasteiger partial charge in [-0.2, -0.15) is 4.52 Å². The molecule has 2 saturated carbocycles. The Morgan fingerprint density at radius 2 is 1.89 bits per heavy atom. The fraction of sp³-hybridized carbons (Fsp3) is 0.481. The van der Waals surface area contributed by atoms with Crippen LogP contribution in [-0.4, -0.2) is 49.2 Å². The van der Waals surface area contributed by atoms with E-state index in [1.807, 2.05) is 30.5 Å². The summed E-state index contributed by atoms with van der Waals surface area (Å²) < 4.78 is 13.2. The fourth-order valence-electron chi connectivity index (χ4n) is 5.14. The Morgan fingerprint density at radius 1 is 1.03 bits per heavy atom. The van der Waals surface area contributed by atoms with E-state index in [0.717, 1.165) is 54.5 Å². The molecule has 0 saturated heterocycles. The molecule has 0 atom stereocenters. The molecule has 3 heterocycles. The third-order valence-corrected chi connectivity index (χ3v) is 7.18. The molecular formula is C27H33N7O2.